The van der Waals surface area contributed by atoms with E-state index in [1.165, 1.54) is 19.4 Å². The first-order valence-electron chi connectivity index (χ1n) is 12.8. The number of ether oxygens (including phenoxy) is 5. The number of para-hydroxylation sites is 1. The molecule has 2 aromatic carbocycles. The van der Waals surface area contributed by atoms with Crippen LogP contribution in [0.4, 0.5) is 0 Å². The largest absolute Gasteiger partial charge is 0.490 e. The molecule has 3 N–H and O–H groups in total. The summed E-state index contributed by atoms with van der Waals surface area (Å²) < 4.78 is 26.6. The molecule has 0 aliphatic carbocycles. The van der Waals surface area contributed by atoms with Gasteiger partial charge in [-0.15, -0.1) is 0 Å². The van der Waals surface area contributed by atoms with Crippen molar-refractivity contribution in [2.45, 2.75) is 26.8 Å². The van der Waals surface area contributed by atoms with Crippen LogP contribution in [0.5, 0.6) is 17.2 Å². The van der Waals surface area contributed by atoms with Gasteiger partial charge in [-0.3, -0.25) is 4.79 Å². The summed E-state index contributed by atoms with van der Waals surface area (Å²) in [7, 11) is 1.25. The lowest BCUT2D eigenvalue weighted by Gasteiger charge is -2.30. The number of amides is 1. The van der Waals surface area contributed by atoms with Gasteiger partial charge in [0.25, 0.3) is 5.91 Å². The first-order valence-corrected chi connectivity index (χ1v) is 13.6. The van der Waals surface area contributed by atoms with E-state index < -0.39 is 23.9 Å². The van der Waals surface area contributed by atoms with E-state index in [9.17, 15) is 14.4 Å². The highest BCUT2D eigenvalue weighted by molar-refractivity contribution is 7.80. The summed E-state index contributed by atoms with van der Waals surface area (Å²) in [6, 6.07) is 9.44. The van der Waals surface area contributed by atoms with Crippen molar-refractivity contribution >= 4 is 53.0 Å². The van der Waals surface area contributed by atoms with E-state index in [4.69, 9.17) is 42.8 Å². The number of rotatable bonds is 13. The monoisotopic (exact) mass is 618 g/mol. The van der Waals surface area contributed by atoms with Gasteiger partial charge in [-0.1, -0.05) is 29.8 Å². The normalized spacial score (nSPS) is 14.5. The molecule has 42 heavy (non-hydrogen) atoms. The summed E-state index contributed by atoms with van der Waals surface area (Å²) in [5.41, 5.74) is 4.39. The number of carbonyl (C=O) groups is 3. The van der Waals surface area contributed by atoms with E-state index in [0.717, 1.165) is 0 Å². The van der Waals surface area contributed by atoms with Gasteiger partial charge >= 0.3 is 11.9 Å². The van der Waals surface area contributed by atoms with E-state index >= 15 is 0 Å². The molecule has 1 heterocycles. The highest BCUT2D eigenvalue weighted by Crippen LogP contribution is 2.36. The minimum Gasteiger partial charge on any atom is -0.490 e. The molecule has 1 atom stereocenters. The first kappa shape index (κ1) is 32.2. The van der Waals surface area contributed by atoms with Crippen LogP contribution >= 0.6 is 23.8 Å². The van der Waals surface area contributed by atoms with Gasteiger partial charge in [-0.25, -0.2) is 15.0 Å². The van der Waals surface area contributed by atoms with Crippen LogP contribution in [0.25, 0.3) is 0 Å². The van der Waals surface area contributed by atoms with E-state index in [1.54, 1.807) is 51.1 Å². The Hall–Kier alpha value is -4.36. The molecule has 0 saturated heterocycles. The average molecular weight is 619 g/mol. The number of esters is 2. The molecular weight excluding hydrogens is 588 g/mol. The molecule has 0 spiro atoms. The average Bonchev–Trinajstić information content (AvgIpc) is 2.95. The fourth-order valence-electron chi connectivity index (χ4n) is 3.87. The summed E-state index contributed by atoms with van der Waals surface area (Å²) in [5.74, 6) is -0.782. The third-order valence-corrected chi connectivity index (χ3v) is 6.15. The van der Waals surface area contributed by atoms with Crippen LogP contribution in [0, 0.1) is 0 Å². The second-order valence-corrected chi connectivity index (χ2v) is 9.35. The summed E-state index contributed by atoms with van der Waals surface area (Å²) in [6.07, 6.45) is 1.36. The van der Waals surface area contributed by atoms with Crippen molar-refractivity contribution in [2.75, 3.05) is 33.5 Å². The summed E-state index contributed by atoms with van der Waals surface area (Å²) in [4.78, 5) is 36.7. The van der Waals surface area contributed by atoms with E-state index in [0.29, 0.717) is 45.6 Å². The number of nitrogens with zero attached hydrogens (tertiary/aromatic N) is 1. The smallest absolute Gasteiger partial charge is 0.343 e. The molecule has 3 rings (SSSR count). The van der Waals surface area contributed by atoms with E-state index in [1.807, 2.05) is 0 Å². The third kappa shape index (κ3) is 8.57. The lowest BCUT2D eigenvalue weighted by Crippen LogP contribution is -2.45. The molecule has 1 amide bonds. The van der Waals surface area contributed by atoms with Gasteiger partial charge in [0.05, 0.1) is 43.2 Å². The number of carbonyl (C=O) groups excluding carboxylic acids is 3. The van der Waals surface area contributed by atoms with Crippen molar-refractivity contribution < 1.29 is 38.1 Å². The molecule has 0 radical (unpaired) electrons. The molecule has 1 aliphatic rings. The lowest BCUT2D eigenvalue weighted by atomic mass is 9.95. The number of halogens is 1. The number of methoxy groups -OCH3 is 1. The van der Waals surface area contributed by atoms with Gasteiger partial charge in [0, 0.05) is 11.3 Å². The minimum atomic E-state index is -0.654. The molecule has 0 unspecified atom stereocenters. The van der Waals surface area contributed by atoms with E-state index in [-0.39, 0.29) is 30.6 Å². The quantitative estimate of drug-likeness (QED) is 0.132. The molecule has 1 aliphatic heterocycles. The highest BCUT2D eigenvalue weighted by atomic mass is 35.5. The van der Waals surface area contributed by atoms with Crippen LogP contribution in [-0.4, -0.2) is 62.7 Å². The maximum Gasteiger partial charge on any atom is 0.343 e. The molecule has 0 aromatic heterocycles. The number of allylic oxidation sites excluding steroid dienone is 1. The van der Waals surface area contributed by atoms with Crippen LogP contribution < -0.4 is 30.3 Å². The van der Waals surface area contributed by atoms with Crippen molar-refractivity contribution in [1.29, 1.82) is 0 Å². The van der Waals surface area contributed by atoms with Crippen molar-refractivity contribution in [3.8, 4) is 17.2 Å². The molecular formula is C28H31ClN4O8S. The molecule has 2 aromatic rings. The van der Waals surface area contributed by atoms with Crippen molar-refractivity contribution in [3.05, 3.63) is 63.8 Å². The Bertz CT molecular complexity index is 1400. The standard InChI is InChI=1S/C28H31ClN4O8S/c1-5-38-21-12-17(11-19(29)26(21)41-15-23(35)37-4)13-30-33-22(34)14-40-20-10-8-7-9-18(20)25-24(27(36)39-6-2)16(3)31-28(42)32-25/h7-13,25H,5-6,14-15H2,1-4H3,(H,33,34)(H2,31,32,42)/t25-/m1/s1. The second-order valence-electron chi connectivity index (χ2n) is 8.54. The fraction of sp³-hybridized carbons (Fsp3) is 0.321. The molecule has 224 valence electrons. The molecule has 0 saturated carbocycles. The molecule has 0 fully saturated rings. The SMILES string of the molecule is CCOC(=O)C1=C(C)NC(=S)N[C@@H]1c1ccccc1OCC(=O)NN=Cc1cc(Cl)c(OCC(=O)OC)c(OCC)c1. The predicted molar refractivity (Wildman–Crippen MR) is 159 cm³/mol. The number of hydrazone groups is 1. The van der Waals surface area contributed by atoms with Crippen molar-refractivity contribution in [2.24, 2.45) is 5.10 Å². The van der Waals surface area contributed by atoms with Crippen LogP contribution in [0.3, 0.4) is 0 Å². The van der Waals surface area contributed by atoms with Crippen molar-refractivity contribution in [3.63, 3.8) is 0 Å². The zero-order chi connectivity index (χ0) is 30.6. The van der Waals surface area contributed by atoms with Gasteiger partial charge < -0.3 is 34.3 Å². The summed E-state index contributed by atoms with van der Waals surface area (Å²) >= 11 is 11.6. The molecule has 12 nitrogen and oxygen atoms in total. The van der Waals surface area contributed by atoms with Crippen LogP contribution in [0.15, 0.2) is 52.8 Å². The lowest BCUT2D eigenvalue weighted by molar-refractivity contribution is -0.143. The third-order valence-electron chi connectivity index (χ3n) is 5.65. The Labute approximate surface area is 253 Å². The van der Waals surface area contributed by atoms with Gasteiger partial charge in [-0.05, 0) is 56.8 Å². The van der Waals surface area contributed by atoms with Gasteiger partial charge in [0.2, 0.25) is 0 Å². The van der Waals surface area contributed by atoms with Crippen LogP contribution in [0.1, 0.15) is 37.9 Å². The van der Waals surface area contributed by atoms with Crippen LogP contribution in [0.2, 0.25) is 5.02 Å². The minimum absolute atomic E-state index is 0.176. The Morgan fingerprint density at radius 1 is 1.07 bits per heavy atom. The zero-order valence-electron chi connectivity index (χ0n) is 23.4. The predicted octanol–water partition coefficient (Wildman–Crippen LogP) is 3.18. The maximum atomic E-state index is 12.7. The number of benzene rings is 2. The Morgan fingerprint density at radius 3 is 2.55 bits per heavy atom. The number of thiocarbonyl (C=S) groups is 1. The second kappa shape index (κ2) is 15.6. The van der Waals surface area contributed by atoms with Crippen LogP contribution in [-0.2, 0) is 23.9 Å². The highest BCUT2D eigenvalue weighted by Gasteiger charge is 2.32. The topological polar surface area (TPSA) is 146 Å². The van der Waals surface area contributed by atoms with E-state index in [2.05, 4.69) is 25.9 Å². The Morgan fingerprint density at radius 2 is 1.83 bits per heavy atom. The van der Waals surface area contributed by atoms with Gasteiger partial charge in [0.15, 0.2) is 29.8 Å². The number of hydrogen-bond acceptors (Lipinski definition) is 10. The molecule has 0 bridgehead atoms. The number of nitrogens with one attached hydrogen (secondary N) is 3. The van der Waals surface area contributed by atoms with Gasteiger partial charge in [0.1, 0.15) is 5.75 Å². The summed E-state index contributed by atoms with van der Waals surface area (Å²) in [5, 5.41) is 10.5. The van der Waals surface area contributed by atoms with Crippen molar-refractivity contribution in [1.82, 2.24) is 16.1 Å². The maximum absolute atomic E-state index is 12.7. The van der Waals surface area contributed by atoms with Gasteiger partial charge in [-0.2, -0.15) is 5.10 Å². The summed E-state index contributed by atoms with van der Waals surface area (Å²) in [6.45, 7) is 5.04. The zero-order valence-corrected chi connectivity index (χ0v) is 25.0. The molecule has 14 heteroatoms. The Kier molecular flexibility index (Phi) is 11.9. The first-order chi connectivity index (χ1) is 20.2. The number of hydrogen-bond donors (Lipinski definition) is 3. The fourth-order valence-corrected chi connectivity index (χ4v) is 4.41. The Balaban J connectivity index is 1.69.